The average molecular weight is 190 g/mol. The van der Waals surface area contributed by atoms with Crippen LogP contribution >= 0.6 is 11.3 Å². The Kier molecular flexibility index (Phi) is 11.9. The summed E-state index contributed by atoms with van der Waals surface area (Å²) >= 11 is 1.48. The number of rotatable bonds is 2. The first-order chi connectivity index (χ1) is 5.72. The SMILES string of the molecule is CC(=O)c1cccs1.[CH2-]CCC.[Li+]. The molecule has 0 aromatic carbocycles. The molecule has 0 unspecified atom stereocenters. The molecule has 1 rings (SSSR count). The predicted molar refractivity (Wildman–Crippen MR) is 54.6 cm³/mol. The van der Waals surface area contributed by atoms with E-state index in [4.69, 9.17) is 0 Å². The maximum Gasteiger partial charge on any atom is 1.00 e. The summed E-state index contributed by atoms with van der Waals surface area (Å²) in [5.41, 5.74) is 0. The van der Waals surface area contributed by atoms with E-state index in [-0.39, 0.29) is 24.6 Å². The zero-order valence-electron chi connectivity index (χ0n) is 8.67. The fourth-order valence-electron chi connectivity index (χ4n) is 0.479. The van der Waals surface area contributed by atoms with Gasteiger partial charge in [-0.15, -0.1) is 11.3 Å². The van der Waals surface area contributed by atoms with Gasteiger partial charge in [-0.2, -0.15) is 6.42 Å². The summed E-state index contributed by atoms with van der Waals surface area (Å²) in [4.78, 5) is 11.4. The molecular weight excluding hydrogens is 175 g/mol. The zero-order valence-corrected chi connectivity index (χ0v) is 9.49. The smallest absolute Gasteiger partial charge is 0.343 e. The molecular formula is C10H15LiOS. The molecule has 0 spiro atoms. The molecule has 1 aromatic rings. The summed E-state index contributed by atoms with van der Waals surface area (Å²) in [7, 11) is 0. The van der Waals surface area contributed by atoms with Crippen molar-refractivity contribution in [2.75, 3.05) is 0 Å². The number of hydrogen-bond acceptors (Lipinski definition) is 2. The minimum atomic E-state index is 0. The van der Waals surface area contributed by atoms with Gasteiger partial charge in [0.2, 0.25) is 0 Å². The van der Waals surface area contributed by atoms with Gasteiger partial charge in [0.25, 0.3) is 0 Å². The monoisotopic (exact) mass is 190 g/mol. The molecule has 0 fully saturated rings. The van der Waals surface area contributed by atoms with Gasteiger partial charge in [-0.1, -0.05) is 19.4 Å². The third kappa shape index (κ3) is 8.30. The second-order valence-corrected chi connectivity index (χ2v) is 3.33. The number of unbranched alkanes of at least 4 members (excludes halogenated alkanes) is 1. The molecule has 0 aliphatic carbocycles. The van der Waals surface area contributed by atoms with Gasteiger partial charge in [-0.3, -0.25) is 4.79 Å². The number of hydrogen-bond donors (Lipinski definition) is 0. The van der Waals surface area contributed by atoms with Crippen LogP contribution in [0.2, 0.25) is 0 Å². The van der Waals surface area contributed by atoms with Crippen LogP contribution in [0.5, 0.6) is 0 Å². The van der Waals surface area contributed by atoms with E-state index in [1.54, 1.807) is 6.92 Å². The Morgan fingerprint density at radius 1 is 1.62 bits per heavy atom. The molecule has 13 heavy (non-hydrogen) atoms. The molecule has 0 aliphatic heterocycles. The standard InChI is InChI=1S/C6H6OS.C4H9.Li/c1-5(7)6-3-2-4-8-6;1-3-4-2;/h2-4H,1H3;1,3-4H2,2H3;/q;-1;+1. The summed E-state index contributed by atoms with van der Waals surface area (Å²) in [6, 6.07) is 3.70. The fourth-order valence-corrected chi connectivity index (χ4v) is 1.11. The third-order valence-electron chi connectivity index (χ3n) is 1.22. The van der Waals surface area contributed by atoms with Crippen LogP contribution in [-0.4, -0.2) is 5.78 Å². The number of thiophene rings is 1. The molecule has 0 atom stereocenters. The van der Waals surface area contributed by atoms with Crippen LogP contribution < -0.4 is 18.9 Å². The molecule has 0 N–H and O–H groups in total. The van der Waals surface area contributed by atoms with Crippen LogP contribution in [0.3, 0.4) is 0 Å². The van der Waals surface area contributed by atoms with Gasteiger partial charge >= 0.3 is 18.9 Å². The van der Waals surface area contributed by atoms with Crippen molar-refractivity contribution in [3.8, 4) is 0 Å². The average Bonchev–Trinajstić information content (AvgIpc) is 2.57. The van der Waals surface area contributed by atoms with Crippen LogP contribution in [0, 0.1) is 6.92 Å². The van der Waals surface area contributed by atoms with Crippen LogP contribution in [0.4, 0.5) is 0 Å². The maximum atomic E-state index is 10.5. The first-order valence-electron chi connectivity index (χ1n) is 4.06. The van der Waals surface area contributed by atoms with Crippen molar-refractivity contribution in [2.24, 2.45) is 0 Å². The van der Waals surface area contributed by atoms with Gasteiger partial charge < -0.3 is 6.92 Å². The second kappa shape index (κ2) is 10.1. The van der Waals surface area contributed by atoms with Gasteiger partial charge in [-0.05, 0) is 18.4 Å². The maximum absolute atomic E-state index is 10.5. The summed E-state index contributed by atoms with van der Waals surface area (Å²) in [6.07, 6.45) is 2.28. The Labute approximate surface area is 96.7 Å². The van der Waals surface area contributed by atoms with Gasteiger partial charge in [-0.25, -0.2) is 0 Å². The van der Waals surface area contributed by atoms with Crippen LogP contribution in [-0.2, 0) is 0 Å². The molecule has 0 saturated heterocycles. The quantitative estimate of drug-likeness (QED) is 0.378. The van der Waals surface area contributed by atoms with E-state index in [0.717, 1.165) is 11.3 Å². The summed E-state index contributed by atoms with van der Waals surface area (Å²) in [5.74, 6) is 0.153. The van der Waals surface area contributed by atoms with Gasteiger partial charge in [0.15, 0.2) is 5.78 Å². The van der Waals surface area contributed by atoms with E-state index in [2.05, 4.69) is 13.8 Å². The Hall–Kier alpha value is -0.0326. The molecule has 0 aliphatic rings. The number of carbonyl (C=O) groups is 1. The van der Waals surface area contributed by atoms with Gasteiger partial charge in [0.1, 0.15) is 0 Å². The minimum absolute atomic E-state index is 0. The van der Waals surface area contributed by atoms with Crippen molar-refractivity contribution in [2.45, 2.75) is 26.7 Å². The van der Waals surface area contributed by atoms with Crippen molar-refractivity contribution in [1.82, 2.24) is 0 Å². The molecule has 3 heteroatoms. The van der Waals surface area contributed by atoms with E-state index < -0.39 is 0 Å². The topological polar surface area (TPSA) is 17.1 Å². The Balaban J connectivity index is 0. The molecule has 0 bridgehead atoms. The van der Waals surface area contributed by atoms with Crippen molar-refractivity contribution >= 4 is 17.1 Å². The van der Waals surface area contributed by atoms with E-state index in [9.17, 15) is 4.79 Å². The van der Waals surface area contributed by atoms with Crippen molar-refractivity contribution < 1.29 is 23.7 Å². The van der Waals surface area contributed by atoms with Crippen molar-refractivity contribution in [3.63, 3.8) is 0 Å². The molecule has 0 amide bonds. The Bertz CT molecular complexity index is 205. The van der Waals surface area contributed by atoms with Crippen LogP contribution in [0.15, 0.2) is 17.5 Å². The number of ketones is 1. The zero-order chi connectivity index (χ0) is 9.40. The third-order valence-corrected chi connectivity index (χ3v) is 2.19. The fraction of sp³-hybridized carbons (Fsp3) is 0.400. The first-order valence-corrected chi connectivity index (χ1v) is 4.94. The molecule has 0 radical (unpaired) electrons. The van der Waals surface area contributed by atoms with E-state index in [1.807, 2.05) is 17.5 Å². The van der Waals surface area contributed by atoms with E-state index in [1.165, 1.54) is 17.8 Å². The summed E-state index contributed by atoms with van der Waals surface area (Å²) < 4.78 is 0. The second-order valence-electron chi connectivity index (χ2n) is 2.39. The molecule has 1 heterocycles. The predicted octanol–water partition coefficient (Wildman–Crippen LogP) is 0.575. The summed E-state index contributed by atoms with van der Waals surface area (Å²) in [5, 5.41) is 1.90. The summed E-state index contributed by atoms with van der Waals surface area (Å²) in [6.45, 7) is 7.30. The first kappa shape index (κ1) is 15.4. The van der Waals surface area contributed by atoms with Crippen LogP contribution in [0.25, 0.3) is 0 Å². The molecule has 1 nitrogen and oxygen atoms in total. The Morgan fingerprint density at radius 3 is 2.31 bits per heavy atom. The van der Waals surface area contributed by atoms with Gasteiger partial charge in [0, 0.05) is 0 Å². The number of Topliss-reactive ketones (excluding diaryl/α,β-unsaturated/α-hetero) is 1. The Morgan fingerprint density at radius 2 is 2.15 bits per heavy atom. The van der Waals surface area contributed by atoms with Crippen molar-refractivity contribution in [3.05, 3.63) is 29.3 Å². The molecule has 0 saturated carbocycles. The number of carbonyl (C=O) groups excluding carboxylic acids is 1. The van der Waals surface area contributed by atoms with Crippen molar-refractivity contribution in [1.29, 1.82) is 0 Å². The minimum Gasteiger partial charge on any atom is -0.343 e. The molecule has 68 valence electrons. The van der Waals surface area contributed by atoms with E-state index in [0.29, 0.717) is 0 Å². The van der Waals surface area contributed by atoms with E-state index >= 15 is 0 Å². The van der Waals surface area contributed by atoms with Crippen LogP contribution in [0.1, 0.15) is 36.4 Å². The largest absolute Gasteiger partial charge is 1.00 e. The normalized spacial score (nSPS) is 7.92. The molecule has 1 aromatic heterocycles. The van der Waals surface area contributed by atoms with Gasteiger partial charge in [0.05, 0.1) is 4.88 Å².